The highest BCUT2D eigenvalue weighted by Crippen LogP contribution is 2.28. The van der Waals surface area contributed by atoms with Crippen molar-refractivity contribution in [2.45, 2.75) is 27.2 Å². The van der Waals surface area contributed by atoms with Crippen LogP contribution in [0.5, 0.6) is 0 Å². The van der Waals surface area contributed by atoms with Crippen LogP contribution in [0.3, 0.4) is 0 Å². The van der Waals surface area contributed by atoms with E-state index in [9.17, 15) is 4.79 Å². The molecule has 0 atom stereocenters. The third-order valence-corrected chi connectivity index (χ3v) is 5.41. The topological polar surface area (TPSA) is 42.0 Å². The Hall–Kier alpha value is -1.72. The number of fused-ring (bicyclic) bond motifs is 1. The van der Waals surface area contributed by atoms with Gasteiger partial charge < -0.3 is 0 Å². The van der Waals surface area contributed by atoms with E-state index in [4.69, 9.17) is 0 Å². The molecule has 0 aliphatic rings. The molecule has 0 fully saturated rings. The number of benzene rings is 1. The average molecular weight is 316 g/mol. The highest BCUT2D eigenvalue weighted by Gasteiger charge is 2.14. The van der Waals surface area contributed by atoms with E-state index in [1.54, 1.807) is 11.3 Å². The first kappa shape index (κ1) is 14.2. The van der Waals surface area contributed by atoms with Crippen molar-refractivity contribution in [2.75, 3.05) is 5.32 Å². The van der Waals surface area contributed by atoms with Gasteiger partial charge in [-0.05, 0) is 49.6 Å². The standard InChI is InChI=1S/C16H16N2OS2/c1-4-11-8-14(20-10(11)3)15(19)18-16-17-12-6-5-9(2)7-13(12)21-16/h5-8H,4H2,1-3H3,(H,17,18,19). The molecular formula is C16H16N2OS2. The number of nitrogens with zero attached hydrogens (tertiary/aromatic N) is 1. The Kier molecular flexibility index (Phi) is 3.78. The van der Waals surface area contributed by atoms with Gasteiger partial charge in [0.05, 0.1) is 15.1 Å². The van der Waals surface area contributed by atoms with E-state index in [-0.39, 0.29) is 5.91 Å². The van der Waals surface area contributed by atoms with Gasteiger partial charge in [-0.2, -0.15) is 0 Å². The summed E-state index contributed by atoms with van der Waals surface area (Å²) in [5.74, 6) is -0.0708. The molecule has 0 saturated carbocycles. The van der Waals surface area contributed by atoms with Crippen LogP contribution in [0.4, 0.5) is 5.13 Å². The molecule has 3 rings (SSSR count). The number of aromatic nitrogens is 1. The molecule has 0 aliphatic heterocycles. The van der Waals surface area contributed by atoms with E-state index in [2.05, 4.69) is 37.1 Å². The number of hydrogen-bond donors (Lipinski definition) is 1. The Morgan fingerprint density at radius 1 is 1.24 bits per heavy atom. The number of thiazole rings is 1. The Balaban J connectivity index is 1.85. The van der Waals surface area contributed by atoms with Gasteiger partial charge in [0.1, 0.15) is 0 Å². The fraction of sp³-hybridized carbons (Fsp3) is 0.250. The van der Waals surface area contributed by atoms with Crippen LogP contribution in [-0.2, 0) is 6.42 Å². The normalized spacial score (nSPS) is 11.0. The van der Waals surface area contributed by atoms with Crippen molar-refractivity contribution in [3.8, 4) is 0 Å². The molecule has 0 saturated heterocycles. The number of rotatable bonds is 3. The molecule has 0 spiro atoms. The maximum Gasteiger partial charge on any atom is 0.267 e. The van der Waals surface area contributed by atoms with Crippen molar-refractivity contribution < 1.29 is 4.79 Å². The number of hydrogen-bond acceptors (Lipinski definition) is 4. The second kappa shape index (κ2) is 5.58. The fourth-order valence-electron chi connectivity index (χ4n) is 2.23. The van der Waals surface area contributed by atoms with Crippen molar-refractivity contribution in [3.63, 3.8) is 0 Å². The molecule has 0 unspecified atom stereocenters. The number of nitrogens with one attached hydrogen (secondary N) is 1. The van der Waals surface area contributed by atoms with Gasteiger partial charge in [-0.1, -0.05) is 24.3 Å². The van der Waals surface area contributed by atoms with E-state index < -0.39 is 0 Å². The lowest BCUT2D eigenvalue weighted by Crippen LogP contribution is -2.09. The summed E-state index contributed by atoms with van der Waals surface area (Å²) in [5, 5.41) is 3.57. The molecule has 3 nitrogen and oxygen atoms in total. The zero-order valence-electron chi connectivity index (χ0n) is 12.2. The zero-order valence-corrected chi connectivity index (χ0v) is 13.8. The Morgan fingerprint density at radius 2 is 2.05 bits per heavy atom. The number of anilines is 1. The molecule has 21 heavy (non-hydrogen) atoms. The molecule has 0 bridgehead atoms. The second-order valence-corrected chi connectivity index (χ2v) is 7.28. The summed E-state index contributed by atoms with van der Waals surface area (Å²) >= 11 is 3.05. The van der Waals surface area contributed by atoms with Gasteiger partial charge in [-0.15, -0.1) is 11.3 Å². The van der Waals surface area contributed by atoms with Gasteiger partial charge in [-0.3, -0.25) is 10.1 Å². The van der Waals surface area contributed by atoms with Crippen LogP contribution in [0.2, 0.25) is 0 Å². The minimum absolute atomic E-state index is 0.0708. The highest BCUT2D eigenvalue weighted by molar-refractivity contribution is 7.22. The third kappa shape index (κ3) is 2.84. The predicted molar refractivity (Wildman–Crippen MR) is 90.7 cm³/mol. The summed E-state index contributed by atoms with van der Waals surface area (Å²) in [6.07, 6.45) is 0.954. The summed E-state index contributed by atoms with van der Waals surface area (Å²) in [6.45, 7) is 6.21. The summed E-state index contributed by atoms with van der Waals surface area (Å²) in [6, 6.07) is 8.09. The molecule has 3 aromatic rings. The van der Waals surface area contributed by atoms with Crippen LogP contribution < -0.4 is 5.32 Å². The van der Waals surface area contributed by atoms with Crippen molar-refractivity contribution in [1.82, 2.24) is 4.98 Å². The van der Waals surface area contributed by atoms with Crippen molar-refractivity contribution in [3.05, 3.63) is 45.1 Å². The van der Waals surface area contributed by atoms with Gasteiger partial charge in [0.2, 0.25) is 0 Å². The Morgan fingerprint density at radius 3 is 2.76 bits per heavy atom. The molecule has 0 aliphatic carbocycles. The first-order valence-electron chi connectivity index (χ1n) is 6.84. The van der Waals surface area contributed by atoms with Crippen molar-refractivity contribution in [2.24, 2.45) is 0 Å². The second-order valence-electron chi connectivity index (χ2n) is 4.99. The van der Waals surface area contributed by atoms with Gasteiger partial charge in [-0.25, -0.2) is 4.98 Å². The van der Waals surface area contributed by atoms with E-state index in [0.717, 1.165) is 21.5 Å². The molecule has 1 N–H and O–H groups in total. The first-order valence-corrected chi connectivity index (χ1v) is 8.48. The molecule has 5 heteroatoms. The van der Waals surface area contributed by atoms with Gasteiger partial charge >= 0.3 is 0 Å². The molecule has 2 heterocycles. The molecular weight excluding hydrogens is 300 g/mol. The summed E-state index contributed by atoms with van der Waals surface area (Å²) in [5.41, 5.74) is 3.37. The number of amides is 1. The predicted octanol–water partition coefficient (Wildman–Crippen LogP) is 4.79. The number of thiophene rings is 1. The lowest BCUT2D eigenvalue weighted by atomic mass is 10.2. The third-order valence-electron chi connectivity index (χ3n) is 3.39. The lowest BCUT2D eigenvalue weighted by Gasteiger charge is -1.97. The van der Waals surface area contributed by atoms with Crippen LogP contribution in [-0.4, -0.2) is 10.9 Å². The highest BCUT2D eigenvalue weighted by atomic mass is 32.1. The Bertz CT molecular complexity index is 817. The number of carbonyl (C=O) groups excluding carboxylic acids is 1. The average Bonchev–Trinajstić information content (AvgIpc) is 3.01. The van der Waals surface area contributed by atoms with Crippen LogP contribution >= 0.6 is 22.7 Å². The minimum Gasteiger partial charge on any atom is -0.297 e. The number of aryl methyl sites for hydroxylation is 3. The van der Waals surface area contributed by atoms with Crippen LogP contribution in [0.25, 0.3) is 10.2 Å². The molecule has 1 amide bonds. The van der Waals surface area contributed by atoms with E-state index in [1.165, 1.54) is 27.3 Å². The van der Waals surface area contributed by atoms with Crippen LogP contribution in [0.15, 0.2) is 24.3 Å². The smallest absolute Gasteiger partial charge is 0.267 e. The summed E-state index contributed by atoms with van der Waals surface area (Å²) in [7, 11) is 0. The van der Waals surface area contributed by atoms with Gasteiger partial charge in [0, 0.05) is 4.88 Å². The SMILES string of the molecule is CCc1cc(C(=O)Nc2nc3ccc(C)cc3s2)sc1C. The van der Waals surface area contributed by atoms with E-state index in [1.807, 2.05) is 18.2 Å². The monoisotopic (exact) mass is 316 g/mol. The van der Waals surface area contributed by atoms with Crippen LogP contribution in [0.1, 0.15) is 32.6 Å². The van der Waals surface area contributed by atoms with Crippen molar-refractivity contribution >= 4 is 43.9 Å². The molecule has 1 aromatic carbocycles. The lowest BCUT2D eigenvalue weighted by molar-refractivity contribution is 0.103. The summed E-state index contributed by atoms with van der Waals surface area (Å²) < 4.78 is 1.10. The van der Waals surface area contributed by atoms with Crippen LogP contribution in [0, 0.1) is 13.8 Å². The quantitative estimate of drug-likeness (QED) is 0.755. The fourth-order valence-corrected chi connectivity index (χ4v) is 4.19. The minimum atomic E-state index is -0.0708. The first-order chi connectivity index (χ1) is 10.1. The summed E-state index contributed by atoms with van der Waals surface area (Å²) in [4.78, 5) is 18.7. The number of carbonyl (C=O) groups is 1. The maximum absolute atomic E-state index is 12.3. The molecule has 0 radical (unpaired) electrons. The molecule has 2 aromatic heterocycles. The van der Waals surface area contributed by atoms with E-state index in [0.29, 0.717) is 5.13 Å². The van der Waals surface area contributed by atoms with E-state index >= 15 is 0 Å². The Labute approximate surface area is 131 Å². The van der Waals surface area contributed by atoms with Gasteiger partial charge in [0.25, 0.3) is 5.91 Å². The van der Waals surface area contributed by atoms with Gasteiger partial charge in [0.15, 0.2) is 5.13 Å². The maximum atomic E-state index is 12.3. The molecule has 108 valence electrons. The van der Waals surface area contributed by atoms with Crippen molar-refractivity contribution in [1.29, 1.82) is 0 Å². The largest absolute Gasteiger partial charge is 0.297 e. The zero-order chi connectivity index (χ0) is 15.0.